The molecule has 5 nitrogen and oxygen atoms in total. The van der Waals surface area contributed by atoms with Gasteiger partial charge in [0.25, 0.3) is 5.91 Å². The quantitative estimate of drug-likeness (QED) is 0.526. The number of amides is 1. The van der Waals surface area contributed by atoms with Crippen LogP contribution in [0.15, 0.2) is 48.0 Å². The number of hydrogen-bond acceptors (Lipinski definition) is 4. The van der Waals surface area contributed by atoms with Crippen LogP contribution in [0.3, 0.4) is 0 Å². The summed E-state index contributed by atoms with van der Waals surface area (Å²) in [6.45, 7) is 3.84. The van der Waals surface area contributed by atoms with Crippen molar-refractivity contribution in [1.29, 1.82) is 5.26 Å². The fraction of sp³-hybridized carbons (Fsp3) is 0.150. The fourth-order valence-corrected chi connectivity index (χ4v) is 2.30. The van der Waals surface area contributed by atoms with Gasteiger partial charge in [0.2, 0.25) is 0 Å². The topological polar surface area (TPSA) is 79.2 Å². The average molecular weight is 334 g/mol. The first-order valence-electron chi connectivity index (χ1n) is 7.64. The molecule has 0 saturated carbocycles. The van der Waals surface area contributed by atoms with Gasteiger partial charge < -0.3 is 10.1 Å². The number of esters is 1. The first kappa shape index (κ1) is 18.0. The van der Waals surface area contributed by atoms with Gasteiger partial charge in [-0.2, -0.15) is 5.26 Å². The minimum absolute atomic E-state index is 0.0998. The van der Waals surface area contributed by atoms with Gasteiger partial charge in [-0.1, -0.05) is 30.3 Å². The van der Waals surface area contributed by atoms with Crippen molar-refractivity contribution in [3.05, 3.63) is 70.3 Å². The molecule has 0 radical (unpaired) electrons. The van der Waals surface area contributed by atoms with E-state index in [1.54, 1.807) is 30.3 Å². The van der Waals surface area contributed by atoms with Crippen LogP contribution in [-0.4, -0.2) is 19.0 Å². The van der Waals surface area contributed by atoms with Crippen molar-refractivity contribution in [1.82, 2.24) is 0 Å². The third kappa shape index (κ3) is 4.12. The van der Waals surface area contributed by atoms with Crippen LogP contribution in [0.5, 0.6) is 0 Å². The molecule has 1 amide bonds. The van der Waals surface area contributed by atoms with Crippen LogP contribution in [0.4, 0.5) is 5.69 Å². The normalized spacial score (nSPS) is 10.7. The summed E-state index contributed by atoms with van der Waals surface area (Å²) in [5.74, 6) is -1.06. The molecule has 0 heterocycles. The Morgan fingerprint density at radius 2 is 1.84 bits per heavy atom. The summed E-state index contributed by atoms with van der Waals surface area (Å²) in [7, 11) is 1.28. The second-order valence-electron chi connectivity index (χ2n) is 5.45. The molecule has 0 bridgehead atoms. The first-order chi connectivity index (χ1) is 12.0. The van der Waals surface area contributed by atoms with E-state index in [1.165, 1.54) is 13.2 Å². The van der Waals surface area contributed by atoms with Gasteiger partial charge in [-0.25, -0.2) is 4.79 Å². The monoisotopic (exact) mass is 334 g/mol. The molecule has 0 spiro atoms. The molecule has 0 unspecified atom stereocenters. The zero-order chi connectivity index (χ0) is 18.4. The largest absolute Gasteiger partial charge is 0.465 e. The molecule has 0 saturated heterocycles. The Hall–Kier alpha value is -3.39. The summed E-state index contributed by atoms with van der Waals surface area (Å²) in [5, 5.41) is 12.1. The van der Waals surface area contributed by atoms with E-state index in [0.717, 1.165) is 11.1 Å². The number of nitriles is 1. The maximum atomic E-state index is 12.4. The minimum Gasteiger partial charge on any atom is -0.465 e. The second-order valence-corrected chi connectivity index (χ2v) is 5.45. The van der Waals surface area contributed by atoms with Crippen LogP contribution >= 0.6 is 0 Å². The number of carbonyl (C=O) groups is 2. The number of benzene rings is 2. The van der Waals surface area contributed by atoms with E-state index in [9.17, 15) is 14.9 Å². The average Bonchev–Trinajstić information content (AvgIpc) is 2.63. The highest BCUT2D eigenvalue weighted by Gasteiger charge is 2.14. The Morgan fingerprint density at radius 3 is 2.52 bits per heavy atom. The number of ether oxygens (including phenoxy) is 1. The summed E-state index contributed by atoms with van der Waals surface area (Å²) < 4.78 is 4.73. The third-order valence-corrected chi connectivity index (χ3v) is 3.88. The Morgan fingerprint density at radius 1 is 1.12 bits per heavy atom. The lowest BCUT2D eigenvalue weighted by Crippen LogP contribution is -2.15. The van der Waals surface area contributed by atoms with Gasteiger partial charge in [-0.3, -0.25) is 4.79 Å². The number of methoxy groups -OCH3 is 1. The molecule has 0 atom stereocenters. The van der Waals surface area contributed by atoms with E-state index < -0.39 is 11.9 Å². The van der Waals surface area contributed by atoms with Crippen LogP contribution in [0.2, 0.25) is 0 Å². The van der Waals surface area contributed by atoms with Crippen LogP contribution in [0, 0.1) is 25.2 Å². The highest BCUT2D eigenvalue weighted by molar-refractivity contribution is 6.10. The Balaban J connectivity index is 2.35. The molecule has 2 aromatic carbocycles. The number of carbonyl (C=O) groups excluding carboxylic acids is 2. The number of nitrogens with zero attached hydrogens (tertiary/aromatic N) is 1. The van der Waals surface area contributed by atoms with Crippen LogP contribution in [0.1, 0.15) is 27.0 Å². The van der Waals surface area contributed by atoms with Gasteiger partial charge in [0.15, 0.2) is 0 Å². The highest BCUT2D eigenvalue weighted by atomic mass is 16.5. The van der Waals surface area contributed by atoms with Crippen molar-refractivity contribution >= 4 is 23.6 Å². The lowest BCUT2D eigenvalue weighted by Gasteiger charge is -2.10. The second kappa shape index (κ2) is 7.93. The van der Waals surface area contributed by atoms with E-state index in [0.29, 0.717) is 11.3 Å². The van der Waals surface area contributed by atoms with Crippen molar-refractivity contribution in [3.63, 3.8) is 0 Å². The molecule has 0 aliphatic heterocycles. The van der Waals surface area contributed by atoms with E-state index in [-0.39, 0.29) is 11.1 Å². The zero-order valence-electron chi connectivity index (χ0n) is 14.3. The van der Waals surface area contributed by atoms with Crippen LogP contribution in [0.25, 0.3) is 6.08 Å². The molecule has 0 aromatic heterocycles. The standard InChI is InChI=1S/C20H18N2O3/c1-13-7-6-10-18(14(13)2)22-19(23)16(12-21)11-15-8-4-5-9-17(15)20(24)25-3/h4-11H,1-3H3,(H,22,23)/b16-11+. The van der Waals surface area contributed by atoms with Gasteiger partial charge in [-0.05, 0) is 48.7 Å². The molecule has 1 N–H and O–H groups in total. The number of anilines is 1. The highest BCUT2D eigenvalue weighted by Crippen LogP contribution is 2.20. The van der Waals surface area contributed by atoms with Gasteiger partial charge in [-0.15, -0.1) is 0 Å². The lowest BCUT2D eigenvalue weighted by molar-refractivity contribution is -0.112. The molecule has 2 aromatic rings. The van der Waals surface area contributed by atoms with Crippen molar-refractivity contribution in [2.75, 3.05) is 12.4 Å². The fourth-order valence-electron chi connectivity index (χ4n) is 2.30. The Bertz CT molecular complexity index is 892. The predicted molar refractivity (Wildman–Crippen MR) is 95.9 cm³/mol. The minimum atomic E-state index is -0.532. The molecule has 0 aliphatic rings. The molecule has 5 heteroatoms. The zero-order valence-corrected chi connectivity index (χ0v) is 14.3. The van der Waals surface area contributed by atoms with E-state index in [2.05, 4.69) is 5.32 Å². The predicted octanol–water partition coefficient (Wildman–Crippen LogP) is 3.64. The van der Waals surface area contributed by atoms with Gasteiger partial charge >= 0.3 is 5.97 Å². The lowest BCUT2D eigenvalue weighted by atomic mass is 10.0. The van der Waals surface area contributed by atoms with Crippen molar-refractivity contribution in [2.24, 2.45) is 0 Å². The van der Waals surface area contributed by atoms with E-state index in [4.69, 9.17) is 4.74 Å². The van der Waals surface area contributed by atoms with E-state index in [1.807, 2.05) is 32.0 Å². The maximum absolute atomic E-state index is 12.4. The molecular weight excluding hydrogens is 316 g/mol. The molecule has 2 rings (SSSR count). The van der Waals surface area contributed by atoms with Gasteiger partial charge in [0.1, 0.15) is 11.6 Å². The molecule has 0 aliphatic carbocycles. The molecule has 126 valence electrons. The summed E-state index contributed by atoms with van der Waals surface area (Å²) >= 11 is 0. The van der Waals surface area contributed by atoms with Crippen molar-refractivity contribution in [2.45, 2.75) is 13.8 Å². The number of aryl methyl sites for hydroxylation is 1. The first-order valence-corrected chi connectivity index (χ1v) is 7.64. The molecule has 25 heavy (non-hydrogen) atoms. The Labute approximate surface area is 146 Å². The number of hydrogen-bond donors (Lipinski definition) is 1. The van der Waals surface area contributed by atoms with Gasteiger partial charge in [0, 0.05) is 5.69 Å². The molecular formula is C20H18N2O3. The van der Waals surface area contributed by atoms with Crippen molar-refractivity contribution in [3.8, 4) is 6.07 Å². The summed E-state index contributed by atoms with van der Waals surface area (Å²) in [6.07, 6.45) is 1.38. The van der Waals surface area contributed by atoms with Crippen LogP contribution < -0.4 is 5.32 Å². The SMILES string of the molecule is COC(=O)c1ccccc1/C=C(\C#N)C(=O)Nc1cccc(C)c1C. The summed E-state index contributed by atoms with van der Waals surface area (Å²) in [4.78, 5) is 24.3. The number of nitrogens with one attached hydrogen (secondary N) is 1. The summed E-state index contributed by atoms with van der Waals surface area (Å²) in [5.41, 5.74) is 3.25. The third-order valence-electron chi connectivity index (χ3n) is 3.88. The van der Waals surface area contributed by atoms with Crippen LogP contribution in [-0.2, 0) is 9.53 Å². The summed E-state index contributed by atoms with van der Waals surface area (Å²) in [6, 6.07) is 14.1. The molecule has 0 fully saturated rings. The Kier molecular flexibility index (Phi) is 5.70. The smallest absolute Gasteiger partial charge is 0.338 e. The van der Waals surface area contributed by atoms with Gasteiger partial charge in [0.05, 0.1) is 12.7 Å². The van der Waals surface area contributed by atoms with Crippen molar-refractivity contribution < 1.29 is 14.3 Å². The number of rotatable bonds is 4. The maximum Gasteiger partial charge on any atom is 0.338 e. The van der Waals surface area contributed by atoms with E-state index >= 15 is 0 Å².